The number of sulfonamides is 1. The summed E-state index contributed by atoms with van der Waals surface area (Å²) in [7, 11) is -1.88. The number of ether oxygens (including phenoxy) is 1. The van der Waals surface area contributed by atoms with Gasteiger partial charge in [0.2, 0.25) is 10.0 Å². The molecular formula is C13H21NO4S2. The number of aliphatic hydroxyl groups excluding tert-OH is 1. The zero-order valence-corrected chi connectivity index (χ0v) is 13.5. The van der Waals surface area contributed by atoms with Crippen molar-refractivity contribution in [3.05, 3.63) is 15.8 Å². The third kappa shape index (κ3) is 3.07. The van der Waals surface area contributed by atoms with E-state index in [1.54, 1.807) is 19.4 Å². The van der Waals surface area contributed by atoms with E-state index in [9.17, 15) is 13.5 Å². The molecule has 1 N–H and O–H groups in total. The number of aryl methyl sites for hydroxylation is 1. The molecule has 1 fully saturated rings. The van der Waals surface area contributed by atoms with Crippen LogP contribution in [0.25, 0.3) is 0 Å². The van der Waals surface area contributed by atoms with Crippen LogP contribution in [-0.2, 0) is 21.4 Å². The van der Waals surface area contributed by atoms with Gasteiger partial charge < -0.3 is 9.84 Å². The Hall–Kier alpha value is -0.470. The molecule has 1 aliphatic heterocycles. The fourth-order valence-corrected chi connectivity index (χ4v) is 5.86. The fraction of sp³-hybridized carbons (Fsp3) is 0.692. The molecule has 0 spiro atoms. The molecule has 1 unspecified atom stereocenters. The van der Waals surface area contributed by atoms with Gasteiger partial charge in [0.05, 0.1) is 18.1 Å². The minimum absolute atomic E-state index is 0.234. The highest BCUT2D eigenvalue weighted by molar-refractivity contribution is 7.89. The molecular weight excluding hydrogens is 298 g/mol. The van der Waals surface area contributed by atoms with Gasteiger partial charge in [-0.3, -0.25) is 0 Å². The molecule has 2 rings (SSSR count). The van der Waals surface area contributed by atoms with Crippen LogP contribution in [0.15, 0.2) is 10.3 Å². The second-order valence-corrected chi connectivity index (χ2v) is 7.99. The lowest BCUT2D eigenvalue weighted by Crippen LogP contribution is -2.41. The third-order valence-electron chi connectivity index (χ3n) is 3.61. The topological polar surface area (TPSA) is 66.8 Å². The number of methoxy groups -OCH3 is 1. The lowest BCUT2D eigenvalue weighted by atomic mass is 10.0. The van der Waals surface area contributed by atoms with Crippen molar-refractivity contribution in [2.45, 2.75) is 31.3 Å². The van der Waals surface area contributed by atoms with E-state index < -0.39 is 10.0 Å². The van der Waals surface area contributed by atoms with Crippen LogP contribution >= 0.6 is 11.3 Å². The van der Waals surface area contributed by atoms with Crippen molar-refractivity contribution < 1.29 is 18.3 Å². The second-order valence-electron chi connectivity index (χ2n) is 5.16. The molecule has 0 radical (unpaired) electrons. The zero-order valence-electron chi connectivity index (χ0n) is 11.8. The van der Waals surface area contributed by atoms with E-state index in [1.807, 2.05) is 0 Å². The number of nitrogens with zero attached hydrogens (tertiary/aromatic N) is 1. The van der Waals surface area contributed by atoms with Crippen molar-refractivity contribution in [1.29, 1.82) is 0 Å². The van der Waals surface area contributed by atoms with E-state index in [0.717, 1.165) is 12.8 Å². The Morgan fingerprint density at radius 2 is 2.30 bits per heavy atom. The van der Waals surface area contributed by atoms with Crippen molar-refractivity contribution in [1.82, 2.24) is 4.31 Å². The Balaban J connectivity index is 2.27. The summed E-state index contributed by atoms with van der Waals surface area (Å²) in [6, 6.07) is 0. The first-order chi connectivity index (χ1) is 9.50. The smallest absolute Gasteiger partial charge is 0.244 e. The molecule has 7 heteroatoms. The average molecular weight is 319 g/mol. The van der Waals surface area contributed by atoms with E-state index in [1.165, 1.54) is 15.6 Å². The second kappa shape index (κ2) is 6.53. The maximum absolute atomic E-state index is 12.8. The Morgan fingerprint density at radius 1 is 1.55 bits per heavy atom. The molecule has 20 heavy (non-hydrogen) atoms. The largest absolute Gasteiger partial charge is 0.391 e. The molecule has 0 aliphatic carbocycles. The predicted molar refractivity (Wildman–Crippen MR) is 78.3 cm³/mol. The molecule has 1 aliphatic rings. The highest BCUT2D eigenvalue weighted by Crippen LogP contribution is 2.31. The molecule has 1 atom stereocenters. The minimum Gasteiger partial charge on any atom is -0.391 e. The van der Waals surface area contributed by atoms with E-state index >= 15 is 0 Å². The highest BCUT2D eigenvalue weighted by atomic mass is 32.2. The van der Waals surface area contributed by atoms with Gasteiger partial charge in [-0.15, -0.1) is 11.3 Å². The molecule has 1 aromatic rings. The van der Waals surface area contributed by atoms with E-state index in [2.05, 4.69) is 0 Å². The minimum atomic E-state index is -3.52. The average Bonchev–Trinajstić information content (AvgIpc) is 2.81. The van der Waals surface area contributed by atoms with Crippen LogP contribution < -0.4 is 0 Å². The maximum Gasteiger partial charge on any atom is 0.244 e. The SMILES string of the molecule is COCC1CCCN(S(=O)(=O)c2c(C)csc2CO)C1. The summed E-state index contributed by atoms with van der Waals surface area (Å²) in [5.41, 5.74) is 0.716. The molecule has 1 aromatic heterocycles. The van der Waals surface area contributed by atoms with Crippen LogP contribution in [0.5, 0.6) is 0 Å². The summed E-state index contributed by atoms with van der Waals surface area (Å²) >= 11 is 1.30. The van der Waals surface area contributed by atoms with Gasteiger partial charge in [0.25, 0.3) is 0 Å². The molecule has 0 aromatic carbocycles. The van der Waals surface area contributed by atoms with Crippen molar-refractivity contribution in [2.24, 2.45) is 5.92 Å². The quantitative estimate of drug-likeness (QED) is 0.895. The Morgan fingerprint density at radius 3 is 2.95 bits per heavy atom. The number of hydrogen-bond donors (Lipinski definition) is 1. The van der Waals surface area contributed by atoms with Gasteiger partial charge in [0.1, 0.15) is 4.90 Å². The standard InChI is InChI=1S/C13H21NO4S2/c1-10-9-19-12(7-15)13(10)20(16,17)14-5-3-4-11(6-14)8-18-2/h9,11,15H,3-8H2,1-2H3. The van der Waals surface area contributed by atoms with Gasteiger partial charge in [-0.2, -0.15) is 4.31 Å². The lowest BCUT2D eigenvalue weighted by Gasteiger charge is -2.31. The van der Waals surface area contributed by atoms with Gasteiger partial charge >= 0.3 is 0 Å². The van der Waals surface area contributed by atoms with Crippen LogP contribution in [0.3, 0.4) is 0 Å². The van der Waals surface area contributed by atoms with Crippen LogP contribution in [0.4, 0.5) is 0 Å². The first-order valence-corrected chi connectivity index (χ1v) is 8.99. The van der Waals surface area contributed by atoms with E-state index in [4.69, 9.17) is 4.74 Å². The molecule has 114 valence electrons. The van der Waals surface area contributed by atoms with Crippen molar-refractivity contribution >= 4 is 21.4 Å². The molecule has 0 saturated carbocycles. The summed E-state index contributed by atoms with van der Waals surface area (Å²) in [5.74, 6) is 0.250. The van der Waals surface area contributed by atoms with Crippen LogP contribution in [0, 0.1) is 12.8 Å². The molecule has 0 bridgehead atoms. The molecule has 5 nitrogen and oxygen atoms in total. The number of rotatable bonds is 5. The normalized spacial score (nSPS) is 21.2. The predicted octanol–water partition coefficient (Wildman–Crippen LogP) is 1.60. The molecule has 2 heterocycles. The van der Waals surface area contributed by atoms with Gasteiger partial charge in [-0.25, -0.2) is 8.42 Å². The lowest BCUT2D eigenvalue weighted by molar-refractivity contribution is 0.118. The zero-order chi connectivity index (χ0) is 14.8. The van der Waals surface area contributed by atoms with Gasteiger partial charge in [0.15, 0.2) is 0 Å². The van der Waals surface area contributed by atoms with Crippen LogP contribution in [-0.4, -0.2) is 44.6 Å². The molecule has 1 saturated heterocycles. The first-order valence-electron chi connectivity index (χ1n) is 6.67. The number of aliphatic hydroxyl groups is 1. The van der Waals surface area contributed by atoms with Gasteiger partial charge in [-0.05, 0) is 36.6 Å². The van der Waals surface area contributed by atoms with E-state index in [0.29, 0.717) is 35.0 Å². The Bertz CT molecular complexity index is 551. The Kier molecular flexibility index (Phi) is 5.19. The number of piperidine rings is 1. The van der Waals surface area contributed by atoms with E-state index in [-0.39, 0.29) is 12.5 Å². The van der Waals surface area contributed by atoms with Crippen LogP contribution in [0.1, 0.15) is 23.3 Å². The summed E-state index contributed by atoms with van der Waals surface area (Å²) in [6.45, 7) is 3.17. The maximum atomic E-state index is 12.8. The van der Waals surface area contributed by atoms with Crippen LogP contribution in [0.2, 0.25) is 0 Å². The fourth-order valence-electron chi connectivity index (χ4n) is 2.69. The van der Waals surface area contributed by atoms with Crippen molar-refractivity contribution in [3.63, 3.8) is 0 Å². The van der Waals surface area contributed by atoms with Crippen molar-refractivity contribution in [2.75, 3.05) is 26.8 Å². The van der Waals surface area contributed by atoms with Crippen molar-refractivity contribution in [3.8, 4) is 0 Å². The summed E-state index contributed by atoms with van der Waals surface area (Å²) < 4.78 is 32.2. The highest BCUT2D eigenvalue weighted by Gasteiger charge is 2.33. The summed E-state index contributed by atoms with van der Waals surface area (Å²) in [6.07, 6.45) is 1.85. The molecule has 0 amide bonds. The summed E-state index contributed by atoms with van der Waals surface area (Å²) in [4.78, 5) is 0.819. The summed E-state index contributed by atoms with van der Waals surface area (Å²) in [5, 5.41) is 11.1. The van der Waals surface area contributed by atoms with Gasteiger partial charge in [-0.1, -0.05) is 0 Å². The van der Waals surface area contributed by atoms with Gasteiger partial charge in [0, 0.05) is 20.2 Å². The number of thiophene rings is 1. The third-order valence-corrected chi connectivity index (χ3v) is 6.93. The monoisotopic (exact) mass is 319 g/mol. The number of hydrogen-bond acceptors (Lipinski definition) is 5. The Labute approximate surface area is 124 Å². The first kappa shape index (κ1) is 15.9.